The predicted molar refractivity (Wildman–Crippen MR) is 88.8 cm³/mol. The van der Waals surface area contributed by atoms with Crippen molar-refractivity contribution in [3.63, 3.8) is 0 Å². The van der Waals surface area contributed by atoms with Crippen molar-refractivity contribution in [3.8, 4) is 5.75 Å². The number of aryl methyl sites for hydroxylation is 2. The highest BCUT2D eigenvalue weighted by Crippen LogP contribution is 2.30. The number of benzene rings is 1. The molecule has 2 heterocycles. The van der Waals surface area contributed by atoms with Gasteiger partial charge in [-0.25, -0.2) is 4.79 Å². The van der Waals surface area contributed by atoms with E-state index in [-0.39, 0.29) is 30.2 Å². The van der Waals surface area contributed by atoms with Gasteiger partial charge in [-0.15, -0.1) is 0 Å². The van der Waals surface area contributed by atoms with E-state index in [2.05, 4.69) is 10.2 Å². The van der Waals surface area contributed by atoms with E-state index in [1.54, 1.807) is 6.07 Å². The molecule has 1 aromatic carbocycles. The van der Waals surface area contributed by atoms with Crippen LogP contribution in [0.5, 0.6) is 5.75 Å². The van der Waals surface area contributed by atoms with Gasteiger partial charge in [0.2, 0.25) is 0 Å². The lowest BCUT2D eigenvalue weighted by Crippen LogP contribution is -2.16. The molecule has 0 saturated heterocycles. The summed E-state index contributed by atoms with van der Waals surface area (Å²) in [6, 6.07) is 6.62. The molecule has 0 unspecified atom stereocenters. The van der Waals surface area contributed by atoms with Gasteiger partial charge in [-0.3, -0.25) is 9.36 Å². The van der Waals surface area contributed by atoms with E-state index < -0.39 is 11.7 Å². The maximum atomic E-state index is 11.9. The van der Waals surface area contributed by atoms with Gasteiger partial charge in [-0.2, -0.15) is 10.2 Å². The molecule has 0 saturated carbocycles. The van der Waals surface area contributed by atoms with E-state index in [0.29, 0.717) is 17.0 Å². The van der Waals surface area contributed by atoms with Crippen molar-refractivity contribution in [2.75, 3.05) is 0 Å². The Morgan fingerprint density at radius 1 is 1.36 bits per heavy atom. The van der Waals surface area contributed by atoms with Gasteiger partial charge in [-0.05, 0) is 25.1 Å². The molecule has 2 aromatic heterocycles. The van der Waals surface area contributed by atoms with Crippen LogP contribution < -0.4 is 10.5 Å². The van der Waals surface area contributed by atoms with Gasteiger partial charge in [0.25, 0.3) is 0 Å². The number of rotatable bonds is 6. The third kappa shape index (κ3) is 3.80. The molecule has 0 aliphatic rings. The molecule has 0 bridgehead atoms. The quantitative estimate of drug-likeness (QED) is 0.716. The highest BCUT2D eigenvalue weighted by atomic mass is 35.5. The Balaban J connectivity index is 1.85. The minimum atomic E-state index is -1.01. The van der Waals surface area contributed by atoms with Crippen LogP contribution in [-0.4, -0.2) is 25.8 Å². The summed E-state index contributed by atoms with van der Waals surface area (Å²) >= 11 is 6.20. The molecule has 0 atom stereocenters. The van der Waals surface area contributed by atoms with Crippen molar-refractivity contribution in [2.45, 2.75) is 26.5 Å². The molecule has 8 nitrogen and oxygen atoms in total. The summed E-state index contributed by atoms with van der Waals surface area (Å²) in [5, 5.41) is 17.0. The average molecular weight is 364 g/mol. The second kappa shape index (κ2) is 6.94. The number of ether oxygens (including phenoxy) is 1. The van der Waals surface area contributed by atoms with Crippen LogP contribution in [-0.2, 0) is 17.9 Å². The zero-order chi connectivity index (χ0) is 18.0. The molecule has 3 aromatic rings. The van der Waals surface area contributed by atoms with Crippen LogP contribution in [0.25, 0.3) is 11.1 Å². The Bertz CT molecular complexity index is 978. The van der Waals surface area contributed by atoms with Crippen LogP contribution in [0.3, 0.4) is 0 Å². The summed E-state index contributed by atoms with van der Waals surface area (Å²) in [6.45, 7) is 1.98. The normalized spacial score (nSPS) is 11.0. The summed E-state index contributed by atoms with van der Waals surface area (Å²) in [5.41, 5.74) is 2.11. The van der Waals surface area contributed by atoms with Gasteiger partial charge in [0, 0.05) is 12.6 Å². The van der Waals surface area contributed by atoms with Crippen molar-refractivity contribution >= 4 is 28.7 Å². The van der Waals surface area contributed by atoms with Gasteiger partial charge in [0.05, 0.1) is 22.7 Å². The number of fused-ring (bicyclic) bond motifs is 1. The summed E-state index contributed by atoms with van der Waals surface area (Å²) in [6.07, 6.45) is -0.198. The van der Waals surface area contributed by atoms with Gasteiger partial charge < -0.3 is 14.3 Å². The fourth-order valence-corrected chi connectivity index (χ4v) is 2.46. The van der Waals surface area contributed by atoms with Crippen molar-refractivity contribution in [2.24, 2.45) is 0 Å². The van der Waals surface area contributed by atoms with Gasteiger partial charge >= 0.3 is 11.7 Å². The lowest BCUT2D eigenvalue weighted by Gasteiger charge is -2.08. The van der Waals surface area contributed by atoms with Gasteiger partial charge in [0.15, 0.2) is 5.58 Å². The lowest BCUT2D eigenvalue weighted by atomic mass is 10.3. The molecular weight excluding hydrogens is 350 g/mol. The second-order valence-corrected chi connectivity index (χ2v) is 5.78. The SMILES string of the molecule is Cc1ccc(COc2cc3oc(=O)n(CCC(=O)O)c3cc2Cl)nn1. The van der Waals surface area contributed by atoms with Crippen LogP contribution >= 0.6 is 11.6 Å². The summed E-state index contributed by atoms with van der Waals surface area (Å²) in [4.78, 5) is 22.6. The fourth-order valence-electron chi connectivity index (χ4n) is 2.25. The van der Waals surface area contributed by atoms with Gasteiger partial charge in [-0.1, -0.05) is 11.6 Å². The Labute approximate surface area is 146 Å². The Morgan fingerprint density at radius 2 is 2.16 bits per heavy atom. The number of nitrogens with zero attached hydrogens (tertiary/aromatic N) is 3. The number of carbonyl (C=O) groups is 1. The van der Waals surface area contributed by atoms with E-state index in [4.69, 9.17) is 25.9 Å². The van der Waals surface area contributed by atoms with Crippen molar-refractivity contribution in [1.29, 1.82) is 0 Å². The minimum Gasteiger partial charge on any atom is -0.486 e. The minimum absolute atomic E-state index is 0.00332. The highest BCUT2D eigenvalue weighted by molar-refractivity contribution is 6.32. The second-order valence-electron chi connectivity index (χ2n) is 5.37. The topological polar surface area (TPSA) is 107 Å². The molecule has 130 valence electrons. The first kappa shape index (κ1) is 17.0. The lowest BCUT2D eigenvalue weighted by molar-refractivity contribution is -0.137. The fraction of sp³-hybridized carbons (Fsp3) is 0.250. The van der Waals surface area contributed by atoms with Gasteiger partial charge in [0.1, 0.15) is 18.1 Å². The third-order valence-corrected chi connectivity index (χ3v) is 3.80. The number of carboxylic acids is 1. The molecule has 3 rings (SSSR count). The van der Waals surface area contributed by atoms with E-state index in [0.717, 1.165) is 5.69 Å². The standard InChI is InChI=1S/C16H14ClN3O5/c1-9-2-3-10(19-18-9)8-24-13-7-14-12(6-11(13)17)20(16(23)25-14)5-4-15(21)22/h2-3,6-7H,4-5,8H2,1H3,(H,21,22). The maximum absolute atomic E-state index is 11.9. The van der Waals surface area contributed by atoms with Crippen molar-refractivity contribution < 1.29 is 19.1 Å². The first-order valence-electron chi connectivity index (χ1n) is 7.41. The van der Waals surface area contributed by atoms with E-state index in [9.17, 15) is 9.59 Å². The van der Waals surface area contributed by atoms with Crippen LogP contribution in [0.2, 0.25) is 5.02 Å². The molecule has 0 fully saturated rings. The predicted octanol–water partition coefficient (Wildman–Crippen LogP) is 2.40. The number of aliphatic carboxylic acids is 1. The number of oxazole rings is 1. The largest absolute Gasteiger partial charge is 0.486 e. The summed E-state index contributed by atoms with van der Waals surface area (Å²) < 4.78 is 12.0. The van der Waals surface area contributed by atoms with E-state index in [1.807, 2.05) is 13.0 Å². The van der Waals surface area contributed by atoms with Crippen LogP contribution in [0.1, 0.15) is 17.8 Å². The summed E-state index contributed by atoms with van der Waals surface area (Å²) in [5.74, 6) is -1.32. The smallest absolute Gasteiger partial charge is 0.419 e. The molecule has 0 aliphatic heterocycles. The zero-order valence-electron chi connectivity index (χ0n) is 13.2. The third-order valence-electron chi connectivity index (χ3n) is 3.50. The molecule has 25 heavy (non-hydrogen) atoms. The number of hydrogen-bond acceptors (Lipinski definition) is 6. The Kier molecular flexibility index (Phi) is 4.71. The molecule has 0 amide bonds. The molecular formula is C16H14ClN3O5. The zero-order valence-corrected chi connectivity index (χ0v) is 14.0. The first-order chi connectivity index (χ1) is 11.9. The number of hydrogen-bond donors (Lipinski definition) is 1. The number of halogens is 1. The average Bonchev–Trinajstić information content (AvgIpc) is 2.86. The Hall–Kier alpha value is -2.87. The number of carboxylic acid groups (broad SMARTS) is 1. The maximum Gasteiger partial charge on any atom is 0.419 e. The molecule has 1 N–H and O–H groups in total. The number of aromatic nitrogens is 3. The molecule has 0 spiro atoms. The molecule has 9 heteroatoms. The monoisotopic (exact) mass is 363 g/mol. The van der Waals surface area contributed by atoms with Crippen molar-refractivity contribution in [1.82, 2.24) is 14.8 Å². The van der Waals surface area contributed by atoms with Crippen molar-refractivity contribution in [3.05, 3.63) is 51.2 Å². The van der Waals surface area contributed by atoms with Crippen LogP contribution in [0.15, 0.2) is 33.5 Å². The van der Waals surface area contributed by atoms with Crippen LogP contribution in [0, 0.1) is 6.92 Å². The van der Waals surface area contributed by atoms with E-state index in [1.165, 1.54) is 16.7 Å². The summed E-state index contributed by atoms with van der Waals surface area (Å²) in [7, 11) is 0. The molecule has 0 radical (unpaired) electrons. The highest BCUT2D eigenvalue weighted by Gasteiger charge is 2.14. The molecule has 0 aliphatic carbocycles. The van der Waals surface area contributed by atoms with E-state index >= 15 is 0 Å². The Morgan fingerprint density at radius 3 is 2.84 bits per heavy atom. The first-order valence-corrected chi connectivity index (χ1v) is 7.78. The van der Waals surface area contributed by atoms with Crippen LogP contribution in [0.4, 0.5) is 0 Å².